The molecule has 34 heavy (non-hydrogen) atoms. The first-order valence-electron chi connectivity index (χ1n) is 10.8. The lowest BCUT2D eigenvalue weighted by Gasteiger charge is -2.20. The summed E-state index contributed by atoms with van der Waals surface area (Å²) in [7, 11) is 0. The van der Waals surface area contributed by atoms with Crippen LogP contribution in [0, 0.1) is 13.8 Å². The molecule has 0 radical (unpaired) electrons. The molecule has 1 amide bonds. The highest BCUT2D eigenvalue weighted by Crippen LogP contribution is 2.36. The van der Waals surface area contributed by atoms with Gasteiger partial charge in [-0.2, -0.15) is 0 Å². The quantitative estimate of drug-likeness (QED) is 0.501. The maximum absolute atomic E-state index is 12.8. The number of hydrogen-bond acceptors (Lipinski definition) is 7. The smallest absolute Gasteiger partial charge is 0.406 e. The summed E-state index contributed by atoms with van der Waals surface area (Å²) < 4.78 is 42.7. The Morgan fingerprint density at radius 1 is 1.24 bits per heavy atom. The summed E-state index contributed by atoms with van der Waals surface area (Å²) in [6, 6.07) is 4.79. The molecule has 2 aromatic heterocycles. The number of halogens is 3. The molecule has 4 rings (SSSR count). The Bertz CT molecular complexity index is 1180. The second-order valence-corrected chi connectivity index (χ2v) is 9.42. The molecular weight excluding hydrogens is 467 g/mol. The number of rotatable bonds is 6. The Morgan fingerprint density at radius 3 is 2.68 bits per heavy atom. The van der Waals surface area contributed by atoms with Crippen molar-refractivity contribution in [3.8, 4) is 17.0 Å². The minimum absolute atomic E-state index is 0.147. The molecule has 0 bridgehead atoms. The van der Waals surface area contributed by atoms with Crippen LogP contribution in [0.4, 0.5) is 18.3 Å². The van der Waals surface area contributed by atoms with Crippen molar-refractivity contribution in [2.45, 2.75) is 52.6 Å². The zero-order valence-electron chi connectivity index (χ0n) is 18.9. The Labute approximate surface area is 199 Å². The number of ether oxygens (including phenoxy) is 1. The molecule has 1 unspecified atom stereocenters. The van der Waals surface area contributed by atoms with Gasteiger partial charge in [0.2, 0.25) is 0 Å². The lowest BCUT2D eigenvalue weighted by atomic mass is 10.1. The van der Waals surface area contributed by atoms with Crippen molar-refractivity contribution in [3.05, 3.63) is 52.4 Å². The molecule has 1 aliphatic rings. The number of likely N-dealkylation sites (tertiary alicyclic amines) is 1. The van der Waals surface area contributed by atoms with Crippen molar-refractivity contribution >= 4 is 22.4 Å². The first-order valence-corrected chi connectivity index (χ1v) is 11.6. The predicted molar refractivity (Wildman–Crippen MR) is 123 cm³/mol. The van der Waals surface area contributed by atoms with Gasteiger partial charge in [-0.05, 0) is 63.9 Å². The zero-order chi connectivity index (χ0) is 24.5. The first-order chi connectivity index (χ1) is 16.1. The van der Waals surface area contributed by atoms with Gasteiger partial charge < -0.3 is 4.74 Å². The third kappa shape index (κ3) is 5.89. The summed E-state index contributed by atoms with van der Waals surface area (Å²) in [5.74, 6) is -0.768. The fourth-order valence-corrected chi connectivity index (χ4v) is 4.90. The van der Waals surface area contributed by atoms with Crippen LogP contribution in [-0.2, 0) is 6.54 Å². The molecule has 180 valence electrons. The van der Waals surface area contributed by atoms with Gasteiger partial charge in [-0.25, -0.2) is 9.97 Å². The molecule has 1 N–H and O–H groups in total. The van der Waals surface area contributed by atoms with E-state index in [9.17, 15) is 18.0 Å². The molecule has 0 saturated carbocycles. The maximum Gasteiger partial charge on any atom is 0.573 e. The van der Waals surface area contributed by atoms with E-state index >= 15 is 0 Å². The van der Waals surface area contributed by atoms with Gasteiger partial charge in [0.05, 0.1) is 17.6 Å². The van der Waals surface area contributed by atoms with E-state index in [0.29, 0.717) is 40.2 Å². The second kappa shape index (κ2) is 9.67. The van der Waals surface area contributed by atoms with Crippen LogP contribution < -0.4 is 10.1 Å². The van der Waals surface area contributed by atoms with Crippen LogP contribution in [0.15, 0.2) is 30.6 Å². The van der Waals surface area contributed by atoms with Gasteiger partial charge >= 0.3 is 6.36 Å². The summed E-state index contributed by atoms with van der Waals surface area (Å²) in [6.07, 6.45) is 0.247. The van der Waals surface area contributed by atoms with Crippen molar-refractivity contribution in [3.63, 3.8) is 0 Å². The van der Waals surface area contributed by atoms with E-state index < -0.39 is 12.3 Å². The standard InChI is InChI=1S/C23H24F3N5O2S/c1-13-7-16(9-17(8-13)33-23(24,25)26)20-19(12-31-6-4-5-15(31)3)34-22(29-20)30-21(32)18-11-27-14(2)10-28-18/h7-11,15H,4-6,12H2,1-3H3,(H,29,30,32). The predicted octanol–water partition coefficient (Wildman–Crippen LogP) is 5.35. The van der Waals surface area contributed by atoms with Crippen LogP contribution in [0.3, 0.4) is 0 Å². The fraction of sp³-hybridized carbons (Fsp3) is 0.391. The normalized spacial score (nSPS) is 16.6. The second-order valence-electron chi connectivity index (χ2n) is 8.33. The molecule has 7 nitrogen and oxygen atoms in total. The summed E-state index contributed by atoms with van der Waals surface area (Å²) in [5.41, 5.74) is 2.45. The number of nitrogens with zero attached hydrogens (tertiary/aromatic N) is 4. The van der Waals surface area contributed by atoms with Gasteiger partial charge in [0, 0.05) is 29.2 Å². The molecule has 11 heteroatoms. The van der Waals surface area contributed by atoms with Crippen molar-refractivity contribution in [2.24, 2.45) is 0 Å². The number of nitrogens with one attached hydrogen (secondary N) is 1. The van der Waals surface area contributed by atoms with Crippen LogP contribution in [0.5, 0.6) is 5.75 Å². The minimum Gasteiger partial charge on any atom is -0.406 e. The van der Waals surface area contributed by atoms with E-state index in [1.54, 1.807) is 19.9 Å². The molecular formula is C23H24F3N5O2S. The third-order valence-corrected chi connectivity index (χ3v) is 6.48. The average molecular weight is 492 g/mol. The van der Waals surface area contributed by atoms with E-state index in [1.807, 2.05) is 0 Å². The number of benzene rings is 1. The highest BCUT2D eigenvalue weighted by molar-refractivity contribution is 7.16. The number of anilines is 1. The Morgan fingerprint density at radius 2 is 2.03 bits per heavy atom. The molecule has 3 aromatic rings. The van der Waals surface area contributed by atoms with Gasteiger partial charge in [0.25, 0.3) is 5.91 Å². The third-order valence-electron chi connectivity index (χ3n) is 5.53. The average Bonchev–Trinajstić information content (AvgIpc) is 3.33. The van der Waals surface area contributed by atoms with Crippen LogP contribution in [0.2, 0.25) is 0 Å². The van der Waals surface area contributed by atoms with Crippen LogP contribution in [0.25, 0.3) is 11.3 Å². The first kappa shape index (κ1) is 24.1. The number of alkyl halides is 3. The van der Waals surface area contributed by atoms with Crippen molar-refractivity contribution in [1.82, 2.24) is 19.9 Å². The van der Waals surface area contributed by atoms with Crippen LogP contribution in [-0.4, -0.2) is 44.7 Å². The molecule has 1 aromatic carbocycles. The molecule has 0 spiro atoms. The van der Waals surface area contributed by atoms with Gasteiger partial charge in [0.15, 0.2) is 5.13 Å². The van der Waals surface area contributed by atoms with Crippen molar-refractivity contribution in [1.29, 1.82) is 0 Å². The van der Waals surface area contributed by atoms with Gasteiger partial charge in [-0.3, -0.25) is 20.0 Å². The molecule has 1 fully saturated rings. The number of hydrogen-bond donors (Lipinski definition) is 1. The number of aryl methyl sites for hydroxylation is 2. The zero-order valence-corrected chi connectivity index (χ0v) is 19.8. The number of aromatic nitrogens is 3. The summed E-state index contributed by atoms with van der Waals surface area (Å²) >= 11 is 1.30. The van der Waals surface area contributed by atoms with E-state index in [4.69, 9.17) is 0 Å². The number of thiazole rings is 1. The molecule has 0 aliphatic carbocycles. The minimum atomic E-state index is -4.80. The summed E-state index contributed by atoms with van der Waals surface area (Å²) in [5, 5.41) is 3.09. The molecule has 1 saturated heterocycles. The van der Waals surface area contributed by atoms with Crippen LogP contribution in [0.1, 0.15) is 46.4 Å². The van der Waals surface area contributed by atoms with Gasteiger partial charge in [0.1, 0.15) is 11.4 Å². The summed E-state index contributed by atoms with van der Waals surface area (Å²) in [4.78, 5) is 28.5. The lowest BCUT2D eigenvalue weighted by Crippen LogP contribution is -2.25. The number of carbonyl (C=O) groups is 1. The molecule has 1 atom stereocenters. The van der Waals surface area contributed by atoms with E-state index in [-0.39, 0.29) is 11.4 Å². The van der Waals surface area contributed by atoms with Gasteiger partial charge in [-0.1, -0.05) is 11.3 Å². The van der Waals surface area contributed by atoms with Crippen molar-refractivity contribution in [2.75, 3.05) is 11.9 Å². The van der Waals surface area contributed by atoms with E-state index in [1.165, 1.54) is 35.9 Å². The Hall–Kier alpha value is -3.05. The van der Waals surface area contributed by atoms with Crippen molar-refractivity contribution < 1.29 is 22.7 Å². The monoisotopic (exact) mass is 491 g/mol. The highest BCUT2D eigenvalue weighted by atomic mass is 32.1. The lowest BCUT2D eigenvalue weighted by molar-refractivity contribution is -0.274. The van der Waals surface area contributed by atoms with Gasteiger partial charge in [-0.15, -0.1) is 13.2 Å². The van der Waals surface area contributed by atoms with Crippen LogP contribution >= 0.6 is 11.3 Å². The van der Waals surface area contributed by atoms with E-state index in [0.717, 1.165) is 24.3 Å². The largest absolute Gasteiger partial charge is 0.573 e. The Balaban J connectivity index is 1.68. The van der Waals surface area contributed by atoms with E-state index in [2.05, 4.69) is 36.8 Å². The topological polar surface area (TPSA) is 80.2 Å². The molecule has 3 heterocycles. The molecule has 1 aliphatic heterocycles. The maximum atomic E-state index is 12.8. The number of amides is 1. The summed E-state index contributed by atoms with van der Waals surface area (Å²) in [6.45, 7) is 7.12. The Kier molecular flexibility index (Phi) is 6.85. The highest BCUT2D eigenvalue weighted by Gasteiger charge is 2.31. The fourth-order valence-electron chi connectivity index (χ4n) is 3.90. The SMILES string of the molecule is Cc1cc(OC(F)(F)F)cc(-c2nc(NC(=O)c3cnc(C)cn3)sc2CN2CCCC2C)c1. The number of carbonyl (C=O) groups excluding carboxylic acids is 1.